The molecule has 1 atom stereocenters. The van der Waals surface area contributed by atoms with E-state index in [4.69, 9.17) is 9.47 Å². The van der Waals surface area contributed by atoms with Crippen molar-refractivity contribution >= 4 is 12.3 Å². The van der Waals surface area contributed by atoms with E-state index in [1.165, 1.54) is 0 Å². The monoisotopic (exact) mass is 232 g/mol. The minimum Gasteiger partial charge on any atom is -0.431 e. The summed E-state index contributed by atoms with van der Waals surface area (Å²) in [6.07, 6.45) is -2.39. The van der Waals surface area contributed by atoms with Gasteiger partial charge in [0.2, 0.25) is 0 Å². The van der Waals surface area contributed by atoms with E-state index in [9.17, 15) is 9.59 Å². The fraction of sp³-hybridized carbons (Fsp3) is 0.818. The van der Waals surface area contributed by atoms with Crippen LogP contribution in [-0.4, -0.2) is 24.0 Å². The van der Waals surface area contributed by atoms with Crippen molar-refractivity contribution in [2.24, 2.45) is 5.92 Å². The smallest absolute Gasteiger partial charge is 0.431 e. The van der Waals surface area contributed by atoms with Crippen molar-refractivity contribution in [1.29, 1.82) is 0 Å². The van der Waals surface area contributed by atoms with Gasteiger partial charge in [-0.25, -0.2) is 9.59 Å². The number of ether oxygens (including phenoxy) is 3. The average molecular weight is 232 g/mol. The molecule has 0 bridgehead atoms. The van der Waals surface area contributed by atoms with Crippen LogP contribution < -0.4 is 0 Å². The van der Waals surface area contributed by atoms with Crippen LogP contribution in [0.3, 0.4) is 0 Å². The first kappa shape index (κ1) is 14.7. The maximum absolute atomic E-state index is 11.1. The van der Waals surface area contributed by atoms with E-state index >= 15 is 0 Å². The molecular weight excluding hydrogens is 212 g/mol. The molecule has 0 aromatic heterocycles. The lowest BCUT2D eigenvalue weighted by Gasteiger charge is -2.19. The van der Waals surface area contributed by atoms with Crippen molar-refractivity contribution in [3.05, 3.63) is 0 Å². The summed E-state index contributed by atoms with van der Waals surface area (Å²) in [5.74, 6) is 0.159. The zero-order chi connectivity index (χ0) is 12.9. The first-order valence-electron chi connectivity index (χ1n) is 5.23. The predicted molar refractivity (Wildman–Crippen MR) is 58.1 cm³/mol. The van der Waals surface area contributed by atoms with Crippen LogP contribution >= 0.6 is 0 Å². The van der Waals surface area contributed by atoms with Gasteiger partial charge in [-0.3, -0.25) is 0 Å². The van der Waals surface area contributed by atoms with Gasteiger partial charge in [0, 0.05) is 0 Å². The molecule has 0 fully saturated rings. The maximum atomic E-state index is 11.1. The summed E-state index contributed by atoms with van der Waals surface area (Å²) in [4.78, 5) is 22.2. The molecule has 0 saturated heterocycles. The SMILES string of the molecule is CC(C)C(C)OC(=O)OC(=O)OC(C)(C)C. The average Bonchev–Trinajstić information content (AvgIpc) is 1.98. The van der Waals surface area contributed by atoms with E-state index in [0.29, 0.717) is 0 Å². The molecular formula is C11H20O5. The minimum atomic E-state index is -1.05. The van der Waals surface area contributed by atoms with Crippen LogP contribution in [0.1, 0.15) is 41.5 Å². The van der Waals surface area contributed by atoms with Gasteiger partial charge in [-0.2, -0.15) is 0 Å². The Hall–Kier alpha value is -1.26. The van der Waals surface area contributed by atoms with Crippen LogP contribution in [0.2, 0.25) is 0 Å². The second-order valence-corrected chi connectivity index (χ2v) is 4.88. The van der Waals surface area contributed by atoms with E-state index in [1.807, 2.05) is 13.8 Å². The van der Waals surface area contributed by atoms with Crippen LogP contribution in [0, 0.1) is 5.92 Å². The number of hydrogen-bond donors (Lipinski definition) is 0. The second-order valence-electron chi connectivity index (χ2n) is 4.88. The lowest BCUT2D eigenvalue weighted by Crippen LogP contribution is -2.28. The third kappa shape index (κ3) is 7.09. The van der Waals surface area contributed by atoms with E-state index in [-0.39, 0.29) is 12.0 Å². The topological polar surface area (TPSA) is 61.8 Å². The molecule has 0 aliphatic rings. The summed E-state index contributed by atoms with van der Waals surface area (Å²) in [6.45, 7) is 10.5. The van der Waals surface area contributed by atoms with Gasteiger partial charge in [0.1, 0.15) is 11.7 Å². The molecule has 0 rings (SSSR count). The molecule has 0 radical (unpaired) electrons. The van der Waals surface area contributed by atoms with Gasteiger partial charge in [-0.1, -0.05) is 13.8 Å². The zero-order valence-corrected chi connectivity index (χ0v) is 10.7. The van der Waals surface area contributed by atoms with Gasteiger partial charge in [0.15, 0.2) is 0 Å². The molecule has 0 saturated carbocycles. The van der Waals surface area contributed by atoms with Crippen molar-refractivity contribution < 1.29 is 23.8 Å². The highest BCUT2D eigenvalue weighted by Gasteiger charge is 2.22. The molecule has 5 heteroatoms. The van der Waals surface area contributed by atoms with Gasteiger partial charge in [-0.15, -0.1) is 0 Å². The van der Waals surface area contributed by atoms with Crippen molar-refractivity contribution in [2.45, 2.75) is 53.2 Å². The summed E-state index contributed by atoms with van der Waals surface area (Å²) in [6, 6.07) is 0. The fourth-order valence-corrected chi connectivity index (χ4v) is 0.651. The van der Waals surface area contributed by atoms with E-state index in [2.05, 4.69) is 4.74 Å². The molecule has 16 heavy (non-hydrogen) atoms. The Balaban J connectivity index is 4.02. The Morgan fingerprint density at radius 1 is 1.00 bits per heavy atom. The van der Waals surface area contributed by atoms with E-state index in [1.54, 1.807) is 27.7 Å². The summed E-state index contributed by atoms with van der Waals surface area (Å²) in [7, 11) is 0. The van der Waals surface area contributed by atoms with E-state index < -0.39 is 17.9 Å². The van der Waals surface area contributed by atoms with Gasteiger partial charge in [0.25, 0.3) is 0 Å². The molecule has 0 spiro atoms. The molecule has 94 valence electrons. The largest absolute Gasteiger partial charge is 0.519 e. The van der Waals surface area contributed by atoms with Crippen molar-refractivity contribution in [1.82, 2.24) is 0 Å². The fourth-order valence-electron chi connectivity index (χ4n) is 0.651. The van der Waals surface area contributed by atoms with Crippen LogP contribution in [-0.2, 0) is 14.2 Å². The molecule has 0 aliphatic carbocycles. The van der Waals surface area contributed by atoms with Crippen molar-refractivity contribution in [3.63, 3.8) is 0 Å². The van der Waals surface area contributed by atoms with Crippen LogP contribution in [0.5, 0.6) is 0 Å². The van der Waals surface area contributed by atoms with Crippen molar-refractivity contribution in [3.8, 4) is 0 Å². The standard InChI is InChI=1S/C11H20O5/c1-7(2)8(3)14-9(12)15-10(13)16-11(4,5)6/h7-8H,1-6H3. The van der Waals surface area contributed by atoms with Crippen LogP contribution in [0.4, 0.5) is 9.59 Å². The highest BCUT2D eigenvalue weighted by atomic mass is 16.8. The Labute approximate surface area is 96.1 Å². The Morgan fingerprint density at radius 3 is 1.88 bits per heavy atom. The third-order valence-electron chi connectivity index (χ3n) is 1.78. The summed E-state index contributed by atoms with van der Waals surface area (Å²) in [5, 5.41) is 0. The third-order valence-corrected chi connectivity index (χ3v) is 1.78. The van der Waals surface area contributed by atoms with Gasteiger partial charge < -0.3 is 14.2 Å². The quantitative estimate of drug-likeness (QED) is 0.540. The molecule has 0 amide bonds. The predicted octanol–water partition coefficient (Wildman–Crippen LogP) is 3.12. The maximum Gasteiger partial charge on any atom is 0.519 e. The molecule has 1 unspecified atom stereocenters. The van der Waals surface area contributed by atoms with Gasteiger partial charge in [-0.05, 0) is 33.6 Å². The summed E-state index contributed by atoms with van der Waals surface area (Å²) in [5.41, 5.74) is -0.693. The molecule has 5 nitrogen and oxygen atoms in total. The van der Waals surface area contributed by atoms with E-state index in [0.717, 1.165) is 0 Å². The Kier molecular flexibility index (Phi) is 5.27. The summed E-state index contributed by atoms with van der Waals surface area (Å²) < 4.78 is 13.9. The molecule has 0 aromatic rings. The lowest BCUT2D eigenvalue weighted by atomic mass is 10.1. The minimum absolute atomic E-state index is 0.159. The molecule has 0 aliphatic heterocycles. The second kappa shape index (κ2) is 5.72. The first-order valence-corrected chi connectivity index (χ1v) is 5.23. The van der Waals surface area contributed by atoms with Crippen LogP contribution in [0.15, 0.2) is 0 Å². The summed E-state index contributed by atoms with van der Waals surface area (Å²) >= 11 is 0. The van der Waals surface area contributed by atoms with Crippen molar-refractivity contribution in [2.75, 3.05) is 0 Å². The first-order chi connectivity index (χ1) is 7.11. The number of hydrogen-bond acceptors (Lipinski definition) is 5. The zero-order valence-electron chi connectivity index (χ0n) is 10.7. The molecule has 0 heterocycles. The highest BCUT2D eigenvalue weighted by molar-refractivity contribution is 5.77. The molecule has 0 N–H and O–H groups in total. The van der Waals surface area contributed by atoms with Crippen LogP contribution in [0.25, 0.3) is 0 Å². The number of carbonyl (C=O) groups excluding carboxylic acids is 2. The normalized spacial score (nSPS) is 13.2. The highest BCUT2D eigenvalue weighted by Crippen LogP contribution is 2.10. The lowest BCUT2D eigenvalue weighted by molar-refractivity contribution is -0.0196. The Bertz CT molecular complexity index is 252. The number of carbonyl (C=O) groups is 2. The Morgan fingerprint density at radius 2 is 1.50 bits per heavy atom. The van der Waals surface area contributed by atoms with Gasteiger partial charge in [0.05, 0.1) is 0 Å². The molecule has 0 aromatic carbocycles. The number of rotatable bonds is 2. The van der Waals surface area contributed by atoms with Gasteiger partial charge >= 0.3 is 12.3 Å².